The zero-order valence-electron chi connectivity index (χ0n) is 35.3. The first-order valence-corrected chi connectivity index (χ1v) is 21.9. The van der Waals surface area contributed by atoms with Crippen molar-refractivity contribution in [1.29, 1.82) is 0 Å². The maximum Gasteiger partial charge on any atom is 0.0541 e. The van der Waals surface area contributed by atoms with E-state index in [1.165, 1.54) is 88.2 Å². The van der Waals surface area contributed by atoms with Crippen molar-refractivity contribution in [3.05, 3.63) is 242 Å². The molecule has 1 aromatic heterocycles. The van der Waals surface area contributed by atoms with Crippen LogP contribution >= 0.6 is 0 Å². The van der Waals surface area contributed by atoms with Crippen LogP contribution < -0.4 is 4.90 Å². The first-order valence-electron chi connectivity index (χ1n) is 21.9. The van der Waals surface area contributed by atoms with Gasteiger partial charge >= 0.3 is 0 Å². The molecule has 0 radical (unpaired) electrons. The molecule has 0 unspecified atom stereocenters. The van der Waals surface area contributed by atoms with Gasteiger partial charge in [0.1, 0.15) is 0 Å². The number of benzene rings is 10. The second-order valence-corrected chi connectivity index (χ2v) is 17.4. The van der Waals surface area contributed by atoms with Crippen molar-refractivity contribution in [2.75, 3.05) is 4.90 Å². The third-order valence-electron chi connectivity index (χ3n) is 13.4. The van der Waals surface area contributed by atoms with E-state index in [-0.39, 0.29) is 5.41 Å². The summed E-state index contributed by atoms with van der Waals surface area (Å²) in [6, 6.07) is 84.6. The lowest BCUT2D eigenvalue weighted by Crippen LogP contribution is -2.16. The Morgan fingerprint density at radius 3 is 1.60 bits per heavy atom. The van der Waals surface area contributed by atoms with Crippen molar-refractivity contribution in [3.63, 3.8) is 0 Å². The van der Waals surface area contributed by atoms with Gasteiger partial charge in [0.15, 0.2) is 0 Å². The fourth-order valence-corrected chi connectivity index (χ4v) is 10.2. The summed E-state index contributed by atoms with van der Waals surface area (Å²) in [7, 11) is 0. The molecule has 2 heteroatoms. The third-order valence-corrected chi connectivity index (χ3v) is 13.4. The fourth-order valence-electron chi connectivity index (χ4n) is 10.2. The van der Waals surface area contributed by atoms with Crippen LogP contribution in [0.25, 0.3) is 82.8 Å². The molecular formula is C61H44N2. The third kappa shape index (κ3) is 6.17. The molecule has 2 nitrogen and oxygen atoms in total. The Morgan fingerprint density at radius 1 is 0.333 bits per heavy atom. The highest BCUT2D eigenvalue weighted by Gasteiger charge is 2.35. The zero-order valence-corrected chi connectivity index (χ0v) is 35.3. The number of rotatable bonds is 7. The second kappa shape index (κ2) is 14.6. The van der Waals surface area contributed by atoms with E-state index in [4.69, 9.17) is 0 Å². The van der Waals surface area contributed by atoms with Crippen LogP contribution in [0, 0.1) is 0 Å². The fraction of sp³-hybridized carbons (Fsp3) is 0.0492. The van der Waals surface area contributed by atoms with E-state index in [0.29, 0.717) is 0 Å². The van der Waals surface area contributed by atoms with Crippen molar-refractivity contribution in [1.82, 2.24) is 4.57 Å². The molecule has 0 spiro atoms. The van der Waals surface area contributed by atoms with E-state index in [0.717, 1.165) is 22.7 Å². The number of hydrogen-bond acceptors (Lipinski definition) is 1. The summed E-state index contributed by atoms with van der Waals surface area (Å²) < 4.78 is 2.40. The summed E-state index contributed by atoms with van der Waals surface area (Å²) in [6.07, 6.45) is 0. The van der Waals surface area contributed by atoms with E-state index in [1.54, 1.807) is 0 Å². The molecule has 298 valence electrons. The van der Waals surface area contributed by atoms with Gasteiger partial charge in [-0.1, -0.05) is 178 Å². The normalized spacial score (nSPS) is 12.7. The van der Waals surface area contributed by atoms with E-state index in [9.17, 15) is 0 Å². The molecule has 12 rings (SSSR count). The van der Waals surface area contributed by atoms with Gasteiger partial charge in [-0.15, -0.1) is 0 Å². The van der Waals surface area contributed by atoms with E-state index in [2.05, 4.69) is 254 Å². The monoisotopic (exact) mass is 804 g/mol. The highest BCUT2D eigenvalue weighted by atomic mass is 15.1. The highest BCUT2D eigenvalue weighted by Crippen LogP contribution is 2.51. The average Bonchev–Trinajstić information content (AvgIpc) is 3.80. The molecule has 10 aromatic carbocycles. The van der Waals surface area contributed by atoms with Crippen LogP contribution in [0.3, 0.4) is 0 Å². The van der Waals surface area contributed by atoms with E-state index in [1.807, 2.05) is 0 Å². The minimum absolute atomic E-state index is 0.119. The topological polar surface area (TPSA) is 8.17 Å². The summed E-state index contributed by atoms with van der Waals surface area (Å²) in [5, 5.41) is 5.04. The molecule has 0 aliphatic heterocycles. The molecule has 63 heavy (non-hydrogen) atoms. The predicted octanol–water partition coefficient (Wildman–Crippen LogP) is 16.7. The molecule has 0 saturated heterocycles. The Hall–Kier alpha value is -7.94. The maximum absolute atomic E-state index is 2.42. The molecule has 0 amide bonds. The van der Waals surface area contributed by atoms with Crippen LogP contribution in [0.2, 0.25) is 0 Å². The van der Waals surface area contributed by atoms with E-state index >= 15 is 0 Å². The van der Waals surface area contributed by atoms with Gasteiger partial charge < -0.3 is 9.47 Å². The van der Waals surface area contributed by atoms with Gasteiger partial charge in [0.2, 0.25) is 0 Å². The van der Waals surface area contributed by atoms with Gasteiger partial charge in [-0.3, -0.25) is 0 Å². The summed E-state index contributed by atoms with van der Waals surface area (Å²) in [6.45, 7) is 4.71. The van der Waals surface area contributed by atoms with Crippen molar-refractivity contribution in [2.24, 2.45) is 0 Å². The molecule has 11 aromatic rings. The minimum Gasteiger partial charge on any atom is -0.310 e. The first kappa shape index (κ1) is 36.9. The molecular weight excluding hydrogens is 761 g/mol. The van der Waals surface area contributed by atoms with Gasteiger partial charge in [-0.05, 0) is 133 Å². The number of anilines is 3. The minimum atomic E-state index is -0.119. The molecule has 1 heterocycles. The lowest BCUT2D eigenvalue weighted by molar-refractivity contribution is 0.660. The number of hydrogen-bond donors (Lipinski definition) is 0. The smallest absolute Gasteiger partial charge is 0.0541 e. The first-order chi connectivity index (χ1) is 31.0. The molecule has 1 aliphatic rings. The quantitative estimate of drug-likeness (QED) is 0.156. The largest absolute Gasteiger partial charge is 0.310 e. The van der Waals surface area contributed by atoms with Crippen molar-refractivity contribution < 1.29 is 0 Å². The lowest BCUT2D eigenvalue weighted by atomic mass is 9.82. The highest BCUT2D eigenvalue weighted by molar-refractivity contribution is 6.09. The van der Waals surface area contributed by atoms with Gasteiger partial charge in [-0.25, -0.2) is 0 Å². The molecule has 0 saturated carbocycles. The lowest BCUT2D eigenvalue weighted by Gasteiger charge is -2.28. The SMILES string of the molecule is CC1(C)c2ccccc2-c2ccc(N(c3ccc(-c4ccc(-c5cccc(-c6ccc7ccccc7c6)c5)cc4)cc3)c3cccc(-n4c5ccccc5c5ccccc54)c3)cc21. The van der Waals surface area contributed by atoms with Crippen LogP contribution in [0.15, 0.2) is 231 Å². The molecule has 0 fully saturated rings. The Morgan fingerprint density at radius 2 is 0.857 bits per heavy atom. The van der Waals surface area contributed by atoms with Crippen molar-refractivity contribution >= 4 is 49.6 Å². The Labute approximate surface area is 368 Å². The Kier molecular flexibility index (Phi) is 8.55. The average molecular weight is 805 g/mol. The Balaban J connectivity index is 0.917. The Bertz CT molecular complexity index is 3480. The standard InChI is InChI=1S/C61H44N2/c1-61(2)57-22-8-5-19-53(57)54-36-35-52(40-58(54)61)62(50-17-12-18-51(39-50)63-59-23-9-6-20-55(59)56-21-7-10-24-60(56)63)49-33-31-43(32-34-49)42-25-27-44(28-26-42)46-15-11-16-47(37-46)48-30-29-41-13-3-4-14-45(41)38-48/h3-40H,1-2H3. The number of nitrogens with zero attached hydrogens (tertiary/aromatic N) is 2. The summed E-state index contributed by atoms with van der Waals surface area (Å²) in [5.74, 6) is 0. The van der Waals surface area contributed by atoms with Crippen molar-refractivity contribution in [3.8, 4) is 50.2 Å². The van der Waals surface area contributed by atoms with Crippen molar-refractivity contribution in [2.45, 2.75) is 19.3 Å². The van der Waals surface area contributed by atoms with Crippen LogP contribution in [-0.2, 0) is 5.41 Å². The van der Waals surface area contributed by atoms with Crippen LogP contribution in [0.4, 0.5) is 17.1 Å². The maximum atomic E-state index is 2.42. The number of para-hydroxylation sites is 2. The van der Waals surface area contributed by atoms with Gasteiger partial charge in [0.05, 0.1) is 11.0 Å². The summed E-state index contributed by atoms with van der Waals surface area (Å²) in [5.41, 5.74) is 19.4. The van der Waals surface area contributed by atoms with Gasteiger partial charge in [-0.2, -0.15) is 0 Å². The molecule has 0 N–H and O–H groups in total. The van der Waals surface area contributed by atoms with Gasteiger partial charge in [0, 0.05) is 38.9 Å². The molecule has 1 aliphatic carbocycles. The second-order valence-electron chi connectivity index (χ2n) is 17.4. The van der Waals surface area contributed by atoms with Gasteiger partial charge in [0.25, 0.3) is 0 Å². The number of aromatic nitrogens is 1. The van der Waals surface area contributed by atoms with Crippen LogP contribution in [0.5, 0.6) is 0 Å². The van der Waals surface area contributed by atoms with Crippen LogP contribution in [-0.4, -0.2) is 4.57 Å². The van der Waals surface area contributed by atoms with Crippen LogP contribution in [0.1, 0.15) is 25.0 Å². The zero-order chi connectivity index (χ0) is 42.1. The predicted molar refractivity (Wildman–Crippen MR) is 267 cm³/mol. The van der Waals surface area contributed by atoms with E-state index < -0.39 is 0 Å². The number of fused-ring (bicyclic) bond motifs is 7. The molecule has 0 bridgehead atoms. The molecule has 0 atom stereocenters. The summed E-state index contributed by atoms with van der Waals surface area (Å²) in [4.78, 5) is 2.42. The summed E-state index contributed by atoms with van der Waals surface area (Å²) >= 11 is 0.